The zero-order chi connectivity index (χ0) is 26.9. The van der Waals surface area contributed by atoms with Crippen LogP contribution >= 0.6 is 0 Å². The lowest BCUT2D eigenvalue weighted by Crippen LogP contribution is -2.30. The molecule has 0 aliphatic heterocycles. The minimum Gasteiger partial charge on any atom is -0.382 e. The Hall–Kier alpha value is -4.36. The first-order chi connectivity index (χ1) is 18.4. The zero-order valence-electron chi connectivity index (χ0n) is 21.2. The van der Waals surface area contributed by atoms with Crippen molar-refractivity contribution in [3.63, 3.8) is 0 Å². The SMILES string of the molecule is CCC(C#N)(CC)c1cc(-c2cnc(N)c(-c3cc(-c4ccc(CNC5CC5)cc4F)no3)n2)c[nH]c1=O. The molecule has 4 N–H and O–H groups in total. The van der Waals surface area contributed by atoms with Gasteiger partial charge < -0.3 is 20.6 Å². The van der Waals surface area contributed by atoms with Crippen LogP contribution in [0.1, 0.15) is 50.7 Å². The fraction of sp³-hybridized carbons (Fsp3) is 0.321. The summed E-state index contributed by atoms with van der Waals surface area (Å²) in [6, 6.07) is 11.1. The lowest BCUT2D eigenvalue weighted by atomic mass is 9.77. The maximum atomic E-state index is 14.9. The maximum absolute atomic E-state index is 14.9. The summed E-state index contributed by atoms with van der Waals surface area (Å²) in [7, 11) is 0. The fourth-order valence-electron chi connectivity index (χ4n) is 4.49. The number of rotatable bonds is 9. The highest BCUT2D eigenvalue weighted by molar-refractivity contribution is 5.73. The third kappa shape index (κ3) is 4.80. The molecule has 9 nitrogen and oxygen atoms in total. The highest BCUT2D eigenvalue weighted by Crippen LogP contribution is 2.33. The lowest BCUT2D eigenvalue weighted by Gasteiger charge is -2.23. The summed E-state index contributed by atoms with van der Waals surface area (Å²) < 4.78 is 20.4. The summed E-state index contributed by atoms with van der Waals surface area (Å²) in [6.07, 6.45) is 6.30. The molecule has 1 aromatic carbocycles. The van der Waals surface area contributed by atoms with Gasteiger partial charge in [0.2, 0.25) is 0 Å². The first-order valence-corrected chi connectivity index (χ1v) is 12.6. The minimum atomic E-state index is -0.916. The van der Waals surface area contributed by atoms with E-state index in [9.17, 15) is 14.4 Å². The first kappa shape index (κ1) is 25.3. The molecule has 1 aliphatic rings. The maximum Gasteiger partial charge on any atom is 0.252 e. The molecular formula is C28H28FN7O2. The number of nitriles is 1. The van der Waals surface area contributed by atoms with Crippen LogP contribution in [0, 0.1) is 17.1 Å². The van der Waals surface area contributed by atoms with Crippen LogP contribution in [-0.4, -0.2) is 26.2 Å². The van der Waals surface area contributed by atoms with Gasteiger partial charge in [-0.25, -0.2) is 14.4 Å². The molecule has 3 aromatic heterocycles. The van der Waals surface area contributed by atoms with Crippen molar-refractivity contribution >= 4 is 5.82 Å². The molecule has 1 aliphatic carbocycles. The van der Waals surface area contributed by atoms with Crippen molar-refractivity contribution in [2.75, 3.05) is 5.73 Å². The second-order valence-corrected chi connectivity index (χ2v) is 9.57. The average Bonchev–Trinajstić information content (AvgIpc) is 3.64. The number of halogens is 1. The van der Waals surface area contributed by atoms with E-state index in [4.69, 9.17) is 10.3 Å². The summed E-state index contributed by atoms with van der Waals surface area (Å²) in [5.74, 6) is -0.0678. The van der Waals surface area contributed by atoms with Crippen LogP contribution in [0.5, 0.6) is 0 Å². The number of aromatic amines is 1. The molecule has 38 heavy (non-hydrogen) atoms. The van der Waals surface area contributed by atoms with Crippen LogP contribution in [0.2, 0.25) is 0 Å². The van der Waals surface area contributed by atoms with Gasteiger partial charge in [-0.3, -0.25) is 4.79 Å². The van der Waals surface area contributed by atoms with Crippen LogP contribution in [0.25, 0.3) is 34.0 Å². The molecule has 3 heterocycles. The monoisotopic (exact) mass is 513 g/mol. The van der Waals surface area contributed by atoms with Gasteiger partial charge in [0.15, 0.2) is 17.3 Å². The van der Waals surface area contributed by atoms with E-state index >= 15 is 0 Å². The summed E-state index contributed by atoms with van der Waals surface area (Å²) in [5.41, 5.74) is 7.92. The van der Waals surface area contributed by atoms with Crippen molar-refractivity contribution in [2.24, 2.45) is 0 Å². The van der Waals surface area contributed by atoms with Gasteiger partial charge in [-0.15, -0.1) is 0 Å². The van der Waals surface area contributed by atoms with Gasteiger partial charge in [-0.05, 0) is 49.4 Å². The molecule has 1 saturated carbocycles. The Bertz CT molecular complexity index is 1580. The number of nitrogens with zero attached hydrogens (tertiary/aromatic N) is 4. The molecule has 1 fully saturated rings. The molecular weight excluding hydrogens is 485 g/mol. The van der Waals surface area contributed by atoms with Gasteiger partial charge in [-0.2, -0.15) is 5.26 Å². The number of H-pyrrole nitrogens is 1. The van der Waals surface area contributed by atoms with Crippen LogP contribution in [0.4, 0.5) is 10.2 Å². The van der Waals surface area contributed by atoms with E-state index < -0.39 is 11.2 Å². The third-order valence-electron chi connectivity index (χ3n) is 7.16. The predicted octanol–water partition coefficient (Wildman–Crippen LogP) is 4.71. The Kier molecular flexibility index (Phi) is 6.78. The summed E-state index contributed by atoms with van der Waals surface area (Å²) >= 11 is 0. The van der Waals surface area contributed by atoms with E-state index in [-0.39, 0.29) is 22.8 Å². The molecule has 0 bridgehead atoms. The van der Waals surface area contributed by atoms with Crippen LogP contribution in [0.15, 0.2) is 52.0 Å². The second kappa shape index (κ2) is 10.2. The number of nitrogens with two attached hydrogens (primary N) is 1. The zero-order valence-corrected chi connectivity index (χ0v) is 21.2. The van der Waals surface area contributed by atoms with Crippen LogP contribution < -0.4 is 16.6 Å². The van der Waals surface area contributed by atoms with Gasteiger partial charge in [0.05, 0.1) is 23.4 Å². The Balaban J connectivity index is 1.46. The molecule has 0 unspecified atom stereocenters. The average molecular weight is 514 g/mol. The number of benzene rings is 1. The first-order valence-electron chi connectivity index (χ1n) is 12.6. The number of anilines is 1. The molecule has 0 amide bonds. The van der Waals surface area contributed by atoms with E-state index in [2.05, 4.69) is 31.5 Å². The second-order valence-electron chi connectivity index (χ2n) is 9.57. The Morgan fingerprint density at radius 3 is 2.71 bits per heavy atom. The van der Waals surface area contributed by atoms with Gasteiger partial charge in [-0.1, -0.05) is 25.1 Å². The smallest absolute Gasteiger partial charge is 0.252 e. The quantitative estimate of drug-likeness (QED) is 0.292. The van der Waals surface area contributed by atoms with Crippen molar-refractivity contribution in [3.8, 4) is 40.0 Å². The van der Waals surface area contributed by atoms with E-state index in [1.54, 1.807) is 18.2 Å². The molecule has 10 heteroatoms. The normalized spacial score (nSPS) is 13.4. The number of hydrogen-bond donors (Lipinski definition) is 3. The highest BCUT2D eigenvalue weighted by Gasteiger charge is 2.31. The Morgan fingerprint density at radius 2 is 2.03 bits per heavy atom. The van der Waals surface area contributed by atoms with Gasteiger partial charge in [0.1, 0.15) is 11.5 Å². The summed E-state index contributed by atoms with van der Waals surface area (Å²) in [4.78, 5) is 24.2. The standard InChI is InChI=1S/C28H28FN7O2/c1-3-28(4-2,15-30)20-10-17(13-34-27(20)37)23-14-33-26(31)25(35-23)24-11-22(36-38-24)19-8-5-16(9-21(19)29)12-32-18-6-7-18/h5,8-11,13-14,18,32H,3-4,6-7,12H2,1-2H3,(H2,31,33)(H,34,37). The van der Waals surface area contributed by atoms with Crippen molar-refractivity contribution in [3.05, 3.63) is 70.0 Å². The molecule has 0 radical (unpaired) electrons. The Labute approximate surface area is 218 Å². The summed E-state index contributed by atoms with van der Waals surface area (Å²) in [6.45, 7) is 4.37. The van der Waals surface area contributed by atoms with Crippen molar-refractivity contribution in [2.45, 2.75) is 57.5 Å². The molecule has 0 atom stereocenters. The van der Waals surface area contributed by atoms with Crippen molar-refractivity contribution < 1.29 is 8.91 Å². The number of nitrogen functional groups attached to an aromatic ring is 1. The minimum absolute atomic E-state index is 0.108. The van der Waals surface area contributed by atoms with Gasteiger partial charge >= 0.3 is 0 Å². The molecule has 5 rings (SSSR count). The van der Waals surface area contributed by atoms with E-state index in [0.29, 0.717) is 53.5 Å². The highest BCUT2D eigenvalue weighted by atomic mass is 19.1. The number of nitrogens with one attached hydrogen (secondary N) is 2. The molecule has 194 valence electrons. The van der Waals surface area contributed by atoms with E-state index in [0.717, 1.165) is 18.4 Å². The van der Waals surface area contributed by atoms with Gasteiger partial charge in [0, 0.05) is 41.5 Å². The largest absolute Gasteiger partial charge is 0.382 e. The number of hydrogen-bond acceptors (Lipinski definition) is 8. The van der Waals surface area contributed by atoms with Crippen molar-refractivity contribution in [1.82, 2.24) is 25.4 Å². The topological polar surface area (TPSA) is 147 Å². The number of aromatic nitrogens is 4. The summed E-state index contributed by atoms with van der Waals surface area (Å²) in [5, 5.41) is 17.2. The molecule has 0 spiro atoms. The third-order valence-corrected chi connectivity index (χ3v) is 7.16. The van der Waals surface area contributed by atoms with Crippen molar-refractivity contribution in [1.29, 1.82) is 5.26 Å². The Morgan fingerprint density at radius 1 is 1.24 bits per heavy atom. The number of pyridine rings is 1. The fourth-order valence-corrected chi connectivity index (χ4v) is 4.49. The van der Waals surface area contributed by atoms with E-state index in [1.807, 2.05) is 19.9 Å². The lowest BCUT2D eigenvalue weighted by molar-refractivity contribution is 0.433. The van der Waals surface area contributed by atoms with Crippen LogP contribution in [-0.2, 0) is 12.0 Å². The van der Waals surface area contributed by atoms with Gasteiger partial charge in [0.25, 0.3) is 5.56 Å². The molecule has 4 aromatic rings. The molecule has 0 saturated heterocycles. The van der Waals surface area contributed by atoms with Crippen LogP contribution in [0.3, 0.4) is 0 Å². The predicted molar refractivity (Wildman–Crippen MR) is 141 cm³/mol. The van der Waals surface area contributed by atoms with E-state index in [1.165, 1.54) is 18.5 Å².